The molecule has 0 aromatic heterocycles. The zero-order chi connectivity index (χ0) is 12.1. The van der Waals surface area contributed by atoms with Crippen LogP contribution in [0.25, 0.3) is 0 Å². The second kappa shape index (κ2) is 6.21. The van der Waals surface area contributed by atoms with Crippen LogP contribution < -0.4 is 10.6 Å². The molecule has 0 aromatic carbocycles. The molecule has 0 aromatic rings. The summed E-state index contributed by atoms with van der Waals surface area (Å²) in [4.78, 5) is 13.9. The second-order valence-corrected chi connectivity index (χ2v) is 4.87. The van der Waals surface area contributed by atoms with Gasteiger partial charge in [0, 0.05) is 25.7 Å². The van der Waals surface area contributed by atoms with Crippen molar-refractivity contribution < 1.29 is 9.53 Å². The Balaban J connectivity index is 1.61. The van der Waals surface area contributed by atoms with Crippen LogP contribution in [0.3, 0.4) is 0 Å². The number of likely N-dealkylation sites (N-methyl/N-ethyl adjacent to an activating group) is 1. The number of amides is 2. The first-order valence-corrected chi connectivity index (χ1v) is 6.66. The molecule has 17 heavy (non-hydrogen) atoms. The summed E-state index contributed by atoms with van der Waals surface area (Å²) < 4.78 is 5.62. The number of rotatable bonds is 4. The number of carbonyl (C=O) groups excluding carboxylic acids is 1. The van der Waals surface area contributed by atoms with Crippen LogP contribution in [-0.2, 0) is 4.74 Å². The largest absolute Gasteiger partial charge is 0.374 e. The SMILES string of the molecule is CCN1CCOC(CNC(=O)NC2CCC2)C1. The first-order valence-electron chi connectivity index (χ1n) is 6.66. The molecule has 2 amide bonds. The van der Waals surface area contributed by atoms with Crippen LogP contribution in [0.4, 0.5) is 4.79 Å². The van der Waals surface area contributed by atoms with Gasteiger partial charge < -0.3 is 15.4 Å². The minimum absolute atomic E-state index is 0.0491. The molecular formula is C12H23N3O2. The fraction of sp³-hybridized carbons (Fsp3) is 0.917. The van der Waals surface area contributed by atoms with Gasteiger partial charge in [-0.2, -0.15) is 0 Å². The van der Waals surface area contributed by atoms with Crippen molar-refractivity contribution >= 4 is 6.03 Å². The van der Waals surface area contributed by atoms with Gasteiger partial charge in [-0.3, -0.25) is 4.90 Å². The molecule has 1 saturated carbocycles. The summed E-state index contributed by atoms with van der Waals surface area (Å²) in [6, 6.07) is 0.348. The van der Waals surface area contributed by atoms with E-state index in [4.69, 9.17) is 4.74 Å². The highest BCUT2D eigenvalue weighted by atomic mass is 16.5. The van der Waals surface area contributed by atoms with Crippen LogP contribution >= 0.6 is 0 Å². The summed E-state index contributed by atoms with van der Waals surface area (Å²) >= 11 is 0. The number of nitrogens with zero attached hydrogens (tertiary/aromatic N) is 1. The zero-order valence-electron chi connectivity index (χ0n) is 10.6. The molecule has 1 aliphatic heterocycles. The predicted octanol–water partition coefficient (Wildman–Crippen LogP) is 0.559. The number of nitrogens with one attached hydrogen (secondary N) is 2. The van der Waals surface area contributed by atoms with Gasteiger partial charge in [-0.05, 0) is 25.8 Å². The van der Waals surface area contributed by atoms with Crippen molar-refractivity contribution in [2.45, 2.75) is 38.3 Å². The van der Waals surface area contributed by atoms with Gasteiger partial charge in [0.1, 0.15) is 0 Å². The quantitative estimate of drug-likeness (QED) is 0.756. The third-order valence-corrected chi connectivity index (χ3v) is 3.60. The van der Waals surface area contributed by atoms with Gasteiger partial charge in [0.2, 0.25) is 0 Å². The van der Waals surface area contributed by atoms with E-state index < -0.39 is 0 Å². The third kappa shape index (κ3) is 3.85. The Kier molecular flexibility index (Phi) is 4.62. The minimum Gasteiger partial charge on any atom is -0.374 e. The van der Waals surface area contributed by atoms with Crippen LogP contribution in [0.5, 0.6) is 0 Å². The Labute approximate surface area is 103 Å². The van der Waals surface area contributed by atoms with E-state index in [1.54, 1.807) is 0 Å². The van der Waals surface area contributed by atoms with Gasteiger partial charge in [0.15, 0.2) is 0 Å². The van der Waals surface area contributed by atoms with Crippen molar-refractivity contribution in [3.63, 3.8) is 0 Å². The Morgan fingerprint density at radius 1 is 1.47 bits per heavy atom. The summed E-state index contributed by atoms with van der Waals surface area (Å²) in [5.74, 6) is 0. The molecule has 0 radical (unpaired) electrons. The molecule has 2 rings (SSSR count). The molecule has 1 unspecified atom stereocenters. The Morgan fingerprint density at radius 3 is 2.94 bits per heavy atom. The molecule has 5 heteroatoms. The van der Waals surface area contributed by atoms with E-state index in [1.165, 1.54) is 6.42 Å². The minimum atomic E-state index is -0.0491. The normalized spacial score (nSPS) is 26.3. The fourth-order valence-corrected chi connectivity index (χ4v) is 2.19. The fourth-order valence-electron chi connectivity index (χ4n) is 2.19. The van der Waals surface area contributed by atoms with E-state index in [2.05, 4.69) is 22.5 Å². The van der Waals surface area contributed by atoms with Crippen LogP contribution in [-0.4, -0.2) is 55.9 Å². The van der Waals surface area contributed by atoms with Crippen LogP contribution in [0, 0.1) is 0 Å². The second-order valence-electron chi connectivity index (χ2n) is 4.87. The maximum absolute atomic E-state index is 11.5. The molecule has 1 aliphatic carbocycles. The Morgan fingerprint density at radius 2 is 2.29 bits per heavy atom. The summed E-state index contributed by atoms with van der Waals surface area (Å²) in [6.45, 7) is 6.49. The van der Waals surface area contributed by atoms with Crippen LogP contribution in [0.1, 0.15) is 26.2 Å². The van der Waals surface area contributed by atoms with Gasteiger partial charge in [-0.15, -0.1) is 0 Å². The van der Waals surface area contributed by atoms with Crippen molar-refractivity contribution in [3.8, 4) is 0 Å². The molecule has 2 N–H and O–H groups in total. The molecule has 98 valence electrons. The van der Waals surface area contributed by atoms with Crippen molar-refractivity contribution in [1.82, 2.24) is 15.5 Å². The first-order chi connectivity index (χ1) is 8.28. The number of urea groups is 1. The van der Waals surface area contributed by atoms with E-state index in [-0.39, 0.29) is 12.1 Å². The monoisotopic (exact) mass is 241 g/mol. The lowest BCUT2D eigenvalue weighted by Gasteiger charge is -2.32. The molecule has 2 aliphatic rings. The first kappa shape index (κ1) is 12.6. The van der Waals surface area contributed by atoms with Gasteiger partial charge in [0.25, 0.3) is 0 Å². The van der Waals surface area contributed by atoms with Gasteiger partial charge in [0.05, 0.1) is 12.7 Å². The van der Waals surface area contributed by atoms with Gasteiger partial charge in [-0.25, -0.2) is 4.79 Å². The van der Waals surface area contributed by atoms with E-state index in [1.807, 2.05) is 0 Å². The maximum atomic E-state index is 11.5. The smallest absolute Gasteiger partial charge is 0.315 e. The highest BCUT2D eigenvalue weighted by molar-refractivity contribution is 5.74. The molecule has 1 heterocycles. The van der Waals surface area contributed by atoms with E-state index >= 15 is 0 Å². The lowest BCUT2D eigenvalue weighted by molar-refractivity contribution is -0.0240. The zero-order valence-corrected chi connectivity index (χ0v) is 10.6. The third-order valence-electron chi connectivity index (χ3n) is 3.60. The molecule has 0 spiro atoms. The molecule has 2 fully saturated rings. The van der Waals surface area contributed by atoms with Crippen molar-refractivity contribution in [3.05, 3.63) is 0 Å². The Bertz CT molecular complexity index is 256. The number of hydrogen-bond acceptors (Lipinski definition) is 3. The topological polar surface area (TPSA) is 53.6 Å². The van der Waals surface area contributed by atoms with E-state index in [0.29, 0.717) is 12.6 Å². The summed E-state index contributed by atoms with van der Waals surface area (Å²) in [5.41, 5.74) is 0. The summed E-state index contributed by atoms with van der Waals surface area (Å²) in [5, 5.41) is 5.86. The summed E-state index contributed by atoms with van der Waals surface area (Å²) in [6.07, 6.45) is 3.62. The molecule has 1 saturated heterocycles. The predicted molar refractivity (Wildman–Crippen MR) is 66.0 cm³/mol. The van der Waals surface area contributed by atoms with Crippen molar-refractivity contribution in [2.24, 2.45) is 0 Å². The number of carbonyl (C=O) groups is 1. The molecular weight excluding hydrogens is 218 g/mol. The van der Waals surface area contributed by atoms with E-state index in [9.17, 15) is 4.79 Å². The molecule has 5 nitrogen and oxygen atoms in total. The lowest BCUT2D eigenvalue weighted by atomic mass is 9.93. The average molecular weight is 241 g/mol. The van der Waals surface area contributed by atoms with Gasteiger partial charge >= 0.3 is 6.03 Å². The Hall–Kier alpha value is -0.810. The average Bonchev–Trinajstić information content (AvgIpc) is 2.31. The van der Waals surface area contributed by atoms with E-state index in [0.717, 1.165) is 39.1 Å². The van der Waals surface area contributed by atoms with Crippen molar-refractivity contribution in [1.29, 1.82) is 0 Å². The maximum Gasteiger partial charge on any atom is 0.315 e. The molecule has 1 atom stereocenters. The number of morpholine rings is 1. The van der Waals surface area contributed by atoms with Gasteiger partial charge in [-0.1, -0.05) is 6.92 Å². The van der Waals surface area contributed by atoms with Crippen LogP contribution in [0.2, 0.25) is 0 Å². The molecule has 0 bridgehead atoms. The van der Waals surface area contributed by atoms with Crippen LogP contribution in [0.15, 0.2) is 0 Å². The number of ether oxygens (including phenoxy) is 1. The standard InChI is InChI=1S/C12H23N3O2/c1-2-15-6-7-17-11(9-15)8-13-12(16)14-10-4-3-5-10/h10-11H,2-9H2,1H3,(H2,13,14,16). The summed E-state index contributed by atoms with van der Waals surface area (Å²) in [7, 11) is 0. The van der Waals surface area contributed by atoms with Crippen molar-refractivity contribution in [2.75, 3.05) is 32.8 Å². The highest BCUT2D eigenvalue weighted by Crippen LogP contribution is 2.17. The highest BCUT2D eigenvalue weighted by Gasteiger charge is 2.22. The number of hydrogen-bond donors (Lipinski definition) is 2. The lowest BCUT2D eigenvalue weighted by Crippen LogP contribution is -2.51.